The van der Waals surface area contributed by atoms with Crippen molar-refractivity contribution < 1.29 is 4.74 Å². The third-order valence-electron chi connectivity index (χ3n) is 6.47. The molecule has 1 saturated heterocycles. The van der Waals surface area contributed by atoms with Crippen molar-refractivity contribution in [2.45, 2.75) is 25.4 Å². The highest BCUT2D eigenvalue weighted by Gasteiger charge is 2.22. The minimum absolute atomic E-state index is 0.516. The molecule has 0 unspecified atom stereocenters. The molecule has 4 aromatic heterocycles. The summed E-state index contributed by atoms with van der Waals surface area (Å²) < 4.78 is 7.46. The fourth-order valence-corrected chi connectivity index (χ4v) is 4.31. The van der Waals surface area contributed by atoms with Crippen LogP contribution in [0.5, 0.6) is 0 Å². The summed E-state index contributed by atoms with van der Waals surface area (Å²) in [6, 6.07) is 12.8. The Hall–Kier alpha value is -3.62. The molecule has 2 aliphatic rings. The van der Waals surface area contributed by atoms with Gasteiger partial charge >= 0.3 is 0 Å². The van der Waals surface area contributed by atoms with Crippen molar-refractivity contribution in [3.63, 3.8) is 0 Å². The molecule has 1 aliphatic carbocycles. The summed E-state index contributed by atoms with van der Waals surface area (Å²) in [4.78, 5) is 16.3. The molecule has 8 nitrogen and oxygen atoms in total. The van der Waals surface area contributed by atoms with E-state index in [1.54, 1.807) is 6.20 Å². The number of pyridine rings is 3. The Morgan fingerprint density at radius 1 is 0.886 bits per heavy atom. The molecule has 0 radical (unpaired) electrons. The molecule has 2 fully saturated rings. The van der Waals surface area contributed by atoms with Crippen LogP contribution in [0.25, 0.3) is 33.6 Å². The van der Waals surface area contributed by atoms with Crippen molar-refractivity contribution in [1.29, 1.82) is 0 Å². The van der Waals surface area contributed by atoms with Crippen molar-refractivity contribution in [3.8, 4) is 33.6 Å². The fraction of sp³-hybridized carbons (Fsp3) is 0.333. The van der Waals surface area contributed by atoms with E-state index < -0.39 is 0 Å². The average Bonchev–Trinajstić information content (AvgIpc) is 3.61. The molecule has 8 heteroatoms. The van der Waals surface area contributed by atoms with Gasteiger partial charge in [0.1, 0.15) is 5.82 Å². The van der Waals surface area contributed by atoms with Crippen LogP contribution in [0.3, 0.4) is 0 Å². The number of aromatic nitrogens is 5. The highest BCUT2D eigenvalue weighted by molar-refractivity contribution is 5.76. The van der Waals surface area contributed by atoms with Gasteiger partial charge in [-0.2, -0.15) is 5.10 Å². The Morgan fingerprint density at radius 2 is 1.74 bits per heavy atom. The van der Waals surface area contributed by atoms with Crippen LogP contribution < -0.4 is 5.32 Å². The van der Waals surface area contributed by atoms with Gasteiger partial charge < -0.3 is 10.1 Å². The maximum absolute atomic E-state index is 5.44. The molecule has 0 spiro atoms. The number of nitrogens with one attached hydrogen (secondary N) is 1. The van der Waals surface area contributed by atoms with Crippen molar-refractivity contribution in [2.75, 3.05) is 38.2 Å². The lowest BCUT2D eigenvalue weighted by Gasteiger charge is -2.26. The van der Waals surface area contributed by atoms with Crippen molar-refractivity contribution >= 4 is 5.82 Å². The van der Waals surface area contributed by atoms with Crippen LogP contribution in [0, 0.1) is 0 Å². The van der Waals surface area contributed by atoms with Gasteiger partial charge in [-0.1, -0.05) is 6.07 Å². The smallest absolute Gasteiger partial charge is 0.127 e. The van der Waals surface area contributed by atoms with Crippen LogP contribution in [0.15, 0.2) is 67.4 Å². The zero-order valence-electron chi connectivity index (χ0n) is 19.7. The Labute approximate surface area is 205 Å². The monoisotopic (exact) mass is 467 g/mol. The Bertz CT molecular complexity index is 1280. The van der Waals surface area contributed by atoms with Gasteiger partial charge in [0.2, 0.25) is 0 Å². The number of nitrogens with zero attached hydrogens (tertiary/aromatic N) is 6. The highest BCUT2D eigenvalue weighted by atomic mass is 16.5. The minimum atomic E-state index is 0.516. The van der Waals surface area contributed by atoms with E-state index in [0.29, 0.717) is 6.04 Å². The molecule has 35 heavy (non-hydrogen) atoms. The Kier molecular flexibility index (Phi) is 6.21. The van der Waals surface area contributed by atoms with Crippen LogP contribution in [0.2, 0.25) is 0 Å². The van der Waals surface area contributed by atoms with E-state index in [0.717, 1.165) is 78.9 Å². The van der Waals surface area contributed by atoms with E-state index in [1.165, 1.54) is 12.8 Å². The van der Waals surface area contributed by atoms with Gasteiger partial charge in [0.05, 0.1) is 37.3 Å². The normalized spacial score (nSPS) is 16.3. The molecule has 0 aromatic carbocycles. The summed E-state index contributed by atoms with van der Waals surface area (Å²) in [6.07, 6.45) is 12.0. The zero-order valence-corrected chi connectivity index (χ0v) is 19.7. The van der Waals surface area contributed by atoms with Crippen LogP contribution in [0.1, 0.15) is 12.8 Å². The lowest BCUT2D eigenvalue weighted by atomic mass is 10.0. The van der Waals surface area contributed by atoms with Crippen LogP contribution in [0.4, 0.5) is 5.82 Å². The minimum Gasteiger partial charge on any atom is -0.379 e. The molecule has 0 amide bonds. The lowest BCUT2D eigenvalue weighted by molar-refractivity contribution is 0.0360. The van der Waals surface area contributed by atoms with Gasteiger partial charge in [0.15, 0.2) is 0 Å². The van der Waals surface area contributed by atoms with Gasteiger partial charge in [0, 0.05) is 67.2 Å². The largest absolute Gasteiger partial charge is 0.379 e. The quantitative estimate of drug-likeness (QED) is 0.420. The molecule has 1 saturated carbocycles. The van der Waals surface area contributed by atoms with Gasteiger partial charge in [0.25, 0.3) is 0 Å². The molecular formula is C27H29N7O. The van der Waals surface area contributed by atoms with E-state index in [9.17, 15) is 0 Å². The predicted molar refractivity (Wildman–Crippen MR) is 136 cm³/mol. The first kappa shape index (κ1) is 21.9. The standard InChI is InChI=1S/C27H29N7O/c1-2-6-29-25(3-1)26-14-20(15-27(32-26)31-24-4-5-24)21-13-22(17-28-16-21)23-18-30-34(19-23)8-7-33-9-11-35-12-10-33/h1-3,6,13-19,24H,4-5,7-12H2,(H,31,32). The zero-order chi connectivity index (χ0) is 23.5. The molecule has 6 rings (SSSR count). The molecule has 4 aromatic rings. The third kappa shape index (κ3) is 5.39. The lowest BCUT2D eigenvalue weighted by Crippen LogP contribution is -2.38. The summed E-state index contributed by atoms with van der Waals surface area (Å²) in [5.74, 6) is 0.881. The first-order valence-electron chi connectivity index (χ1n) is 12.3. The highest BCUT2D eigenvalue weighted by Crippen LogP contribution is 2.31. The van der Waals surface area contributed by atoms with Gasteiger partial charge in [-0.25, -0.2) is 4.98 Å². The van der Waals surface area contributed by atoms with Crippen molar-refractivity contribution in [1.82, 2.24) is 29.6 Å². The van der Waals surface area contributed by atoms with E-state index in [2.05, 4.69) is 49.7 Å². The second kappa shape index (κ2) is 9.93. The summed E-state index contributed by atoms with van der Waals surface area (Å²) in [7, 11) is 0. The van der Waals surface area contributed by atoms with Crippen molar-refractivity contribution in [2.24, 2.45) is 0 Å². The molecule has 1 aliphatic heterocycles. The van der Waals surface area contributed by atoms with Crippen molar-refractivity contribution in [3.05, 3.63) is 67.4 Å². The number of hydrogen-bond donors (Lipinski definition) is 1. The first-order valence-corrected chi connectivity index (χ1v) is 12.3. The second-order valence-electron chi connectivity index (χ2n) is 9.17. The van der Waals surface area contributed by atoms with Crippen LogP contribution in [-0.2, 0) is 11.3 Å². The molecule has 5 heterocycles. The number of anilines is 1. The van der Waals surface area contributed by atoms with Crippen LogP contribution >= 0.6 is 0 Å². The number of hydrogen-bond acceptors (Lipinski definition) is 7. The number of morpholine rings is 1. The van der Waals surface area contributed by atoms with Gasteiger partial charge in [-0.05, 0) is 48.7 Å². The van der Waals surface area contributed by atoms with Gasteiger partial charge in [-0.3, -0.25) is 19.5 Å². The Morgan fingerprint density at radius 3 is 2.54 bits per heavy atom. The first-order chi connectivity index (χ1) is 17.3. The predicted octanol–water partition coefficient (Wildman–Crippen LogP) is 3.98. The maximum Gasteiger partial charge on any atom is 0.127 e. The molecule has 1 N–H and O–H groups in total. The third-order valence-corrected chi connectivity index (χ3v) is 6.47. The number of ether oxygens (including phenoxy) is 1. The SMILES string of the molecule is c1ccc(-c2cc(-c3cncc(-c4cnn(CCN5CCOCC5)c4)c3)cc(NC3CC3)n2)nc1. The molecule has 0 bridgehead atoms. The van der Waals surface area contributed by atoms with E-state index in [-0.39, 0.29) is 0 Å². The van der Waals surface area contributed by atoms with E-state index >= 15 is 0 Å². The summed E-state index contributed by atoms with van der Waals surface area (Å²) in [6.45, 7) is 5.46. The summed E-state index contributed by atoms with van der Waals surface area (Å²) >= 11 is 0. The van der Waals surface area contributed by atoms with Crippen LogP contribution in [-0.4, -0.2) is 68.5 Å². The molecule has 0 atom stereocenters. The summed E-state index contributed by atoms with van der Waals surface area (Å²) in [5, 5.41) is 8.13. The van der Waals surface area contributed by atoms with E-state index in [4.69, 9.17) is 9.72 Å². The topological polar surface area (TPSA) is 81.0 Å². The van der Waals surface area contributed by atoms with Gasteiger partial charge in [-0.15, -0.1) is 0 Å². The average molecular weight is 468 g/mol. The molecule has 178 valence electrons. The Balaban J connectivity index is 1.25. The number of rotatable bonds is 8. The maximum atomic E-state index is 5.44. The fourth-order valence-electron chi connectivity index (χ4n) is 4.31. The summed E-state index contributed by atoms with van der Waals surface area (Å²) in [5.41, 5.74) is 5.94. The second-order valence-corrected chi connectivity index (χ2v) is 9.17. The van der Waals surface area contributed by atoms with E-state index in [1.807, 2.05) is 41.5 Å². The molecular weight excluding hydrogens is 438 g/mol.